The number of hydrogen-bond acceptors (Lipinski definition) is 3. The highest BCUT2D eigenvalue weighted by molar-refractivity contribution is 5.55. The van der Waals surface area contributed by atoms with Crippen LogP contribution in [0.15, 0.2) is 24.3 Å². The minimum absolute atomic E-state index is 0.769. The predicted molar refractivity (Wildman–Crippen MR) is 88.7 cm³/mol. The molecule has 0 saturated carbocycles. The van der Waals surface area contributed by atoms with E-state index in [2.05, 4.69) is 60.2 Å². The van der Waals surface area contributed by atoms with Gasteiger partial charge in [0, 0.05) is 50.6 Å². The molecule has 0 spiro atoms. The van der Waals surface area contributed by atoms with Gasteiger partial charge in [-0.15, -0.1) is 0 Å². The summed E-state index contributed by atoms with van der Waals surface area (Å²) in [4.78, 5) is 5.08. The van der Waals surface area contributed by atoms with Gasteiger partial charge < -0.3 is 10.2 Å². The second kappa shape index (κ2) is 7.53. The van der Waals surface area contributed by atoms with Gasteiger partial charge in [0.1, 0.15) is 0 Å². The maximum absolute atomic E-state index is 3.43. The summed E-state index contributed by atoms with van der Waals surface area (Å²) in [7, 11) is 0. The maximum Gasteiger partial charge on any atom is 0.0368 e. The predicted octanol–water partition coefficient (Wildman–Crippen LogP) is 3.29. The summed E-state index contributed by atoms with van der Waals surface area (Å²) in [6.45, 7) is 13.7. The number of nitrogens with zero attached hydrogens (tertiary/aromatic N) is 2. The third kappa shape index (κ3) is 4.41. The molecule has 0 radical (unpaired) electrons. The van der Waals surface area contributed by atoms with E-state index in [4.69, 9.17) is 0 Å². The smallest absolute Gasteiger partial charge is 0.0368 e. The van der Waals surface area contributed by atoms with Crippen LogP contribution in [0, 0.1) is 5.92 Å². The molecule has 0 aliphatic carbocycles. The number of nitrogens with one attached hydrogen (secondary N) is 1. The second-order valence-corrected chi connectivity index (χ2v) is 6.16. The van der Waals surface area contributed by atoms with Crippen LogP contribution in [0.3, 0.4) is 0 Å². The van der Waals surface area contributed by atoms with E-state index in [9.17, 15) is 0 Å². The summed E-state index contributed by atoms with van der Waals surface area (Å²) < 4.78 is 0. The first-order valence-corrected chi connectivity index (χ1v) is 8.00. The zero-order valence-corrected chi connectivity index (χ0v) is 13.2. The lowest BCUT2D eigenvalue weighted by molar-refractivity contribution is 0.231. The fourth-order valence-electron chi connectivity index (χ4n) is 2.76. The van der Waals surface area contributed by atoms with Crippen molar-refractivity contribution in [3.05, 3.63) is 24.3 Å². The standard InChI is InChI=1S/C17H29N3/c1-4-9-18-16-5-7-17(8-6-16)20-12-10-19(11-13-20)14-15(2)3/h5-8,15,18H,4,9-14H2,1-3H3. The third-order valence-corrected chi connectivity index (χ3v) is 3.81. The first-order chi connectivity index (χ1) is 9.69. The highest BCUT2D eigenvalue weighted by atomic mass is 15.3. The average molecular weight is 275 g/mol. The molecule has 112 valence electrons. The summed E-state index contributed by atoms with van der Waals surface area (Å²) in [6, 6.07) is 8.89. The minimum atomic E-state index is 0.769. The highest BCUT2D eigenvalue weighted by Crippen LogP contribution is 2.19. The molecule has 0 bridgehead atoms. The van der Waals surface area contributed by atoms with Crippen molar-refractivity contribution in [2.45, 2.75) is 27.2 Å². The molecule has 1 aromatic rings. The lowest BCUT2D eigenvalue weighted by Crippen LogP contribution is -2.47. The Hall–Kier alpha value is -1.22. The summed E-state index contributed by atoms with van der Waals surface area (Å²) in [6.07, 6.45) is 1.17. The van der Waals surface area contributed by atoms with Gasteiger partial charge in [-0.25, -0.2) is 0 Å². The molecule has 20 heavy (non-hydrogen) atoms. The van der Waals surface area contributed by atoms with E-state index in [1.807, 2.05) is 0 Å². The van der Waals surface area contributed by atoms with Crippen molar-refractivity contribution in [2.75, 3.05) is 49.5 Å². The van der Waals surface area contributed by atoms with Gasteiger partial charge in [-0.1, -0.05) is 20.8 Å². The zero-order chi connectivity index (χ0) is 14.4. The Kier molecular flexibility index (Phi) is 5.72. The van der Waals surface area contributed by atoms with Gasteiger partial charge in [-0.3, -0.25) is 4.90 Å². The summed E-state index contributed by atoms with van der Waals surface area (Å²) in [5.74, 6) is 0.769. The Morgan fingerprint density at radius 2 is 1.70 bits per heavy atom. The largest absolute Gasteiger partial charge is 0.385 e. The van der Waals surface area contributed by atoms with E-state index >= 15 is 0 Å². The second-order valence-electron chi connectivity index (χ2n) is 6.16. The summed E-state index contributed by atoms with van der Waals surface area (Å²) >= 11 is 0. The number of piperazine rings is 1. The van der Waals surface area contributed by atoms with E-state index < -0.39 is 0 Å². The van der Waals surface area contributed by atoms with Crippen LogP contribution in [-0.4, -0.2) is 44.2 Å². The Morgan fingerprint density at radius 3 is 2.25 bits per heavy atom. The van der Waals surface area contributed by atoms with Crippen molar-refractivity contribution >= 4 is 11.4 Å². The monoisotopic (exact) mass is 275 g/mol. The lowest BCUT2D eigenvalue weighted by Gasteiger charge is -2.36. The molecule has 0 unspecified atom stereocenters. The van der Waals surface area contributed by atoms with E-state index in [1.54, 1.807) is 0 Å². The van der Waals surface area contributed by atoms with Gasteiger partial charge in [0.25, 0.3) is 0 Å². The highest BCUT2D eigenvalue weighted by Gasteiger charge is 2.17. The van der Waals surface area contributed by atoms with Gasteiger partial charge >= 0.3 is 0 Å². The Labute approximate surface area is 124 Å². The topological polar surface area (TPSA) is 18.5 Å². The molecule has 1 saturated heterocycles. The number of hydrogen-bond donors (Lipinski definition) is 1. The first-order valence-electron chi connectivity index (χ1n) is 8.00. The average Bonchev–Trinajstić information content (AvgIpc) is 2.46. The van der Waals surface area contributed by atoms with Crippen LogP contribution in [0.1, 0.15) is 27.2 Å². The summed E-state index contributed by atoms with van der Waals surface area (Å²) in [5, 5.41) is 3.43. The van der Waals surface area contributed by atoms with Gasteiger partial charge in [0.2, 0.25) is 0 Å². The van der Waals surface area contributed by atoms with Gasteiger partial charge in [-0.2, -0.15) is 0 Å². The van der Waals surface area contributed by atoms with E-state index in [0.717, 1.165) is 25.6 Å². The molecular formula is C17H29N3. The molecule has 1 N–H and O–H groups in total. The Morgan fingerprint density at radius 1 is 1.05 bits per heavy atom. The van der Waals surface area contributed by atoms with Crippen LogP contribution >= 0.6 is 0 Å². The first kappa shape index (κ1) is 15.2. The van der Waals surface area contributed by atoms with Crippen molar-refractivity contribution in [1.29, 1.82) is 0 Å². The van der Waals surface area contributed by atoms with Crippen LogP contribution in [-0.2, 0) is 0 Å². The van der Waals surface area contributed by atoms with Gasteiger partial charge in [0.15, 0.2) is 0 Å². The molecule has 2 rings (SSSR count). The molecule has 3 nitrogen and oxygen atoms in total. The normalized spacial score (nSPS) is 16.7. The van der Waals surface area contributed by atoms with Crippen LogP contribution in [0.4, 0.5) is 11.4 Å². The molecule has 1 aliphatic rings. The fraction of sp³-hybridized carbons (Fsp3) is 0.647. The van der Waals surface area contributed by atoms with Crippen molar-refractivity contribution < 1.29 is 0 Å². The molecule has 0 atom stereocenters. The maximum atomic E-state index is 3.43. The molecule has 0 amide bonds. The molecular weight excluding hydrogens is 246 g/mol. The Balaban J connectivity index is 1.84. The minimum Gasteiger partial charge on any atom is -0.385 e. The number of anilines is 2. The molecule has 1 heterocycles. The molecule has 1 fully saturated rings. The van der Waals surface area contributed by atoms with Crippen LogP contribution in [0.2, 0.25) is 0 Å². The lowest BCUT2D eigenvalue weighted by atomic mass is 10.2. The molecule has 3 heteroatoms. The zero-order valence-electron chi connectivity index (χ0n) is 13.2. The van der Waals surface area contributed by atoms with Crippen molar-refractivity contribution in [3.63, 3.8) is 0 Å². The van der Waals surface area contributed by atoms with E-state index in [1.165, 1.54) is 37.4 Å². The van der Waals surface area contributed by atoms with Crippen molar-refractivity contribution in [1.82, 2.24) is 4.90 Å². The van der Waals surface area contributed by atoms with Crippen LogP contribution in [0.25, 0.3) is 0 Å². The van der Waals surface area contributed by atoms with E-state index in [-0.39, 0.29) is 0 Å². The van der Waals surface area contributed by atoms with Gasteiger partial charge in [0.05, 0.1) is 0 Å². The van der Waals surface area contributed by atoms with Crippen LogP contribution < -0.4 is 10.2 Å². The quantitative estimate of drug-likeness (QED) is 0.859. The van der Waals surface area contributed by atoms with E-state index in [0.29, 0.717) is 0 Å². The Bertz CT molecular complexity index is 378. The van der Waals surface area contributed by atoms with Crippen molar-refractivity contribution in [3.8, 4) is 0 Å². The fourth-order valence-corrected chi connectivity index (χ4v) is 2.76. The van der Waals surface area contributed by atoms with Crippen LogP contribution in [0.5, 0.6) is 0 Å². The summed E-state index contributed by atoms with van der Waals surface area (Å²) in [5.41, 5.74) is 2.59. The molecule has 1 aliphatic heterocycles. The molecule has 0 aromatic heterocycles. The number of rotatable bonds is 6. The van der Waals surface area contributed by atoms with Crippen molar-refractivity contribution in [2.24, 2.45) is 5.92 Å². The third-order valence-electron chi connectivity index (χ3n) is 3.81. The number of benzene rings is 1. The molecule has 1 aromatic carbocycles. The van der Waals surface area contributed by atoms with Gasteiger partial charge in [-0.05, 0) is 36.6 Å². The SMILES string of the molecule is CCCNc1ccc(N2CCN(CC(C)C)CC2)cc1.